The molecule has 3 heteroatoms. The number of benzene rings is 1. The van der Waals surface area contributed by atoms with E-state index < -0.39 is 0 Å². The Morgan fingerprint density at radius 3 is 2.68 bits per heavy atom. The van der Waals surface area contributed by atoms with Crippen molar-refractivity contribution in [2.75, 3.05) is 14.2 Å². The van der Waals surface area contributed by atoms with Crippen molar-refractivity contribution < 1.29 is 4.74 Å². The highest BCUT2D eigenvalue weighted by Gasteiger charge is 2.18. The molecular formula is C16H20N2O. The highest BCUT2D eigenvalue weighted by Crippen LogP contribution is 2.31. The summed E-state index contributed by atoms with van der Waals surface area (Å²) in [5.74, 6) is 0.903. The zero-order chi connectivity index (χ0) is 13.7. The molecule has 19 heavy (non-hydrogen) atoms. The highest BCUT2D eigenvalue weighted by molar-refractivity contribution is 5.43. The summed E-state index contributed by atoms with van der Waals surface area (Å²) in [5.41, 5.74) is 3.66. The Bertz CT molecular complexity index is 492. The van der Waals surface area contributed by atoms with Crippen molar-refractivity contribution in [2.24, 2.45) is 0 Å². The molecule has 100 valence electrons. The number of aromatic nitrogens is 1. The van der Waals surface area contributed by atoms with Crippen LogP contribution in [0.5, 0.6) is 5.75 Å². The Kier molecular flexibility index (Phi) is 4.53. The Morgan fingerprint density at radius 2 is 2.00 bits per heavy atom. The Balaban J connectivity index is 2.50. The van der Waals surface area contributed by atoms with Crippen LogP contribution in [-0.4, -0.2) is 19.1 Å². The van der Waals surface area contributed by atoms with E-state index >= 15 is 0 Å². The summed E-state index contributed by atoms with van der Waals surface area (Å²) in [7, 11) is 3.68. The maximum Gasteiger partial charge on any atom is 0.123 e. The molecule has 0 spiro atoms. The van der Waals surface area contributed by atoms with Crippen LogP contribution in [0.15, 0.2) is 42.7 Å². The summed E-state index contributed by atoms with van der Waals surface area (Å²) >= 11 is 0. The van der Waals surface area contributed by atoms with Crippen LogP contribution in [0, 0.1) is 0 Å². The molecule has 0 radical (unpaired) electrons. The van der Waals surface area contributed by atoms with E-state index in [4.69, 9.17) is 4.74 Å². The molecule has 1 aromatic carbocycles. The second-order valence-corrected chi connectivity index (χ2v) is 4.39. The van der Waals surface area contributed by atoms with E-state index in [1.165, 1.54) is 11.1 Å². The van der Waals surface area contributed by atoms with Crippen LogP contribution in [0.25, 0.3) is 0 Å². The number of ether oxygens (including phenoxy) is 1. The van der Waals surface area contributed by atoms with Crippen LogP contribution in [0.4, 0.5) is 0 Å². The van der Waals surface area contributed by atoms with Gasteiger partial charge in [0.15, 0.2) is 0 Å². The molecule has 1 unspecified atom stereocenters. The van der Waals surface area contributed by atoms with Gasteiger partial charge in [0.1, 0.15) is 5.75 Å². The van der Waals surface area contributed by atoms with E-state index in [0.29, 0.717) is 0 Å². The van der Waals surface area contributed by atoms with Crippen LogP contribution in [0.2, 0.25) is 0 Å². The van der Waals surface area contributed by atoms with Crippen molar-refractivity contribution in [2.45, 2.75) is 19.4 Å². The van der Waals surface area contributed by atoms with Crippen molar-refractivity contribution in [1.29, 1.82) is 0 Å². The molecule has 0 amide bonds. The average Bonchev–Trinajstić information content (AvgIpc) is 2.49. The first-order chi connectivity index (χ1) is 9.31. The van der Waals surface area contributed by atoms with E-state index in [1.807, 2.05) is 37.6 Å². The lowest BCUT2D eigenvalue weighted by Gasteiger charge is -2.21. The number of rotatable bonds is 5. The second-order valence-electron chi connectivity index (χ2n) is 4.39. The smallest absolute Gasteiger partial charge is 0.123 e. The monoisotopic (exact) mass is 256 g/mol. The zero-order valence-electron chi connectivity index (χ0n) is 11.7. The van der Waals surface area contributed by atoms with Gasteiger partial charge in [-0.2, -0.15) is 0 Å². The van der Waals surface area contributed by atoms with E-state index in [-0.39, 0.29) is 6.04 Å². The van der Waals surface area contributed by atoms with Crippen molar-refractivity contribution in [1.82, 2.24) is 10.3 Å². The lowest BCUT2D eigenvalue weighted by molar-refractivity contribution is 0.405. The quantitative estimate of drug-likeness (QED) is 0.893. The summed E-state index contributed by atoms with van der Waals surface area (Å²) in [4.78, 5) is 4.21. The number of para-hydroxylation sites is 1. The topological polar surface area (TPSA) is 34.2 Å². The van der Waals surface area contributed by atoms with Gasteiger partial charge in [-0.1, -0.05) is 25.1 Å². The van der Waals surface area contributed by atoms with Gasteiger partial charge in [-0.15, -0.1) is 0 Å². The normalized spacial score (nSPS) is 12.2. The summed E-state index contributed by atoms with van der Waals surface area (Å²) < 4.78 is 5.47. The fourth-order valence-electron chi connectivity index (χ4n) is 2.40. The van der Waals surface area contributed by atoms with Crippen molar-refractivity contribution >= 4 is 0 Å². The number of hydrogen-bond acceptors (Lipinski definition) is 3. The maximum atomic E-state index is 5.47. The van der Waals surface area contributed by atoms with Crippen molar-refractivity contribution in [3.63, 3.8) is 0 Å². The molecule has 0 aliphatic heterocycles. The van der Waals surface area contributed by atoms with Gasteiger partial charge < -0.3 is 10.1 Å². The van der Waals surface area contributed by atoms with Gasteiger partial charge >= 0.3 is 0 Å². The number of nitrogens with one attached hydrogen (secondary N) is 1. The predicted octanol–water partition coefficient (Wildman–Crippen LogP) is 2.96. The number of aryl methyl sites for hydroxylation is 1. The lowest BCUT2D eigenvalue weighted by Crippen LogP contribution is -2.20. The molecule has 0 aliphatic rings. The van der Waals surface area contributed by atoms with Gasteiger partial charge in [-0.05, 0) is 36.7 Å². The summed E-state index contributed by atoms with van der Waals surface area (Å²) in [6.07, 6.45) is 4.75. The predicted molar refractivity (Wildman–Crippen MR) is 77.5 cm³/mol. The van der Waals surface area contributed by atoms with Crippen LogP contribution in [-0.2, 0) is 6.42 Å². The SMILES string of the molecule is CCc1cnccc1C(NC)c1ccccc1OC. The highest BCUT2D eigenvalue weighted by atomic mass is 16.5. The standard InChI is InChI=1S/C16H20N2O/c1-4-12-11-18-10-9-13(12)16(17-2)14-7-5-6-8-15(14)19-3/h5-11,16-17H,4H2,1-3H3. The molecule has 1 atom stereocenters. The molecule has 0 saturated carbocycles. The van der Waals surface area contributed by atoms with E-state index in [9.17, 15) is 0 Å². The molecular weight excluding hydrogens is 236 g/mol. The summed E-state index contributed by atoms with van der Waals surface area (Å²) in [6.45, 7) is 2.15. The summed E-state index contributed by atoms with van der Waals surface area (Å²) in [6, 6.07) is 10.3. The second kappa shape index (κ2) is 6.34. The maximum absolute atomic E-state index is 5.47. The number of nitrogens with zero attached hydrogens (tertiary/aromatic N) is 1. The van der Waals surface area contributed by atoms with Crippen LogP contribution in [0.1, 0.15) is 29.7 Å². The summed E-state index contributed by atoms with van der Waals surface area (Å²) in [5, 5.41) is 3.38. The molecule has 0 bridgehead atoms. The molecule has 0 fully saturated rings. The minimum absolute atomic E-state index is 0.120. The fourth-order valence-corrected chi connectivity index (χ4v) is 2.40. The van der Waals surface area contributed by atoms with Gasteiger partial charge in [0.05, 0.1) is 13.2 Å². The van der Waals surface area contributed by atoms with Gasteiger partial charge in [-0.25, -0.2) is 0 Å². The van der Waals surface area contributed by atoms with Gasteiger partial charge in [0, 0.05) is 18.0 Å². The van der Waals surface area contributed by atoms with Gasteiger partial charge in [0.25, 0.3) is 0 Å². The molecule has 1 aromatic heterocycles. The lowest BCUT2D eigenvalue weighted by atomic mass is 9.94. The third-order valence-corrected chi connectivity index (χ3v) is 3.37. The third kappa shape index (κ3) is 2.76. The number of hydrogen-bond donors (Lipinski definition) is 1. The minimum Gasteiger partial charge on any atom is -0.496 e. The average molecular weight is 256 g/mol. The molecule has 3 nitrogen and oxygen atoms in total. The molecule has 1 heterocycles. The molecule has 2 rings (SSSR count). The first-order valence-electron chi connectivity index (χ1n) is 6.54. The number of methoxy groups -OCH3 is 1. The van der Waals surface area contributed by atoms with E-state index in [2.05, 4.69) is 29.4 Å². The van der Waals surface area contributed by atoms with Crippen LogP contribution < -0.4 is 10.1 Å². The first-order valence-corrected chi connectivity index (χ1v) is 6.54. The van der Waals surface area contributed by atoms with Crippen LogP contribution in [0.3, 0.4) is 0 Å². The molecule has 1 N–H and O–H groups in total. The van der Waals surface area contributed by atoms with Crippen molar-refractivity contribution in [3.8, 4) is 5.75 Å². The zero-order valence-corrected chi connectivity index (χ0v) is 11.7. The van der Waals surface area contributed by atoms with Crippen LogP contribution >= 0.6 is 0 Å². The number of pyridine rings is 1. The van der Waals surface area contributed by atoms with Gasteiger partial charge in [-0.3, -0.25) is 4.98 Å². The largest absolute Gasteiger partial charge is 0.496 e. The van der Waals surface area contributed by atoms with Crippen molar-refractivity contribution in [3.05, 3.63) is 59.4 Å². The van der Waals surface area contributed by atoms with E-state index in [1.54, 1.807) is 7.11 Å². The molecule has 0 saturated heterocycles. The Labute approximate surface area is 114 Å². The Hall–Kier alpha value is -1.87. The molecule has 2 aromatic rings. The Morgan fingerprint density at radius 1 is 1.21 bits per heavy atom. The van der Waals surface area contributed by atoms with Gasteiger partial charge in [0.2, 0.25) is 0 Å². The molecule has 0 aliphatic carbocycles. The van der Waals surface area contributed by atoms with E-state index in [0.717, 1.165) is 17.7 Å². The fraction of sp³-hybridized carbons (Fsp3) is 0.312. The third-order valence-electron chi connectivity index (χ3n) is 3.37. The minimum atomic E-state index is 0.120. The first kappa shape index (κ1) is 13.6.